The van der Waals surface area contributed by atoms with Gasteiger partial charge in [0.1, 0.15) is 66.0 Å². The van der Waals surface area contributed by atoms with E-state index in [9.17, 15) is 81.7 Å². The molecule has 16 aromatic rings. The van der Waals surface area contributed by atoms with E-state index in [1.165, 1.54) is 97.1 Å². The van der Waals surface area contributed by atoms with Crippen LogP contribution in [0.25, 0.3) is 43.4 Å². The second kappa shape index (κ2) is 48.0. The molecule has 48 nitrogen and oxygen atoms in total. The molecule has 131 heavy (non-hydrogen) atoms. The van der Waals surface area contributed by atoms with Gasteiger partial charge in [0.05, 0.1) is 0 Å². The second-order valence-corrected chi connectivity index (χ2v) is 25.8. The number of phenols is 8. The van der Waals surface area contributed by atoms with Crippen molar-refractivity contribution >= 4 is 93.1 Å². The number of hydrogen-bond acceptors (Lipinski definition) is 32. The molecule has 0 aliphatic carbocycles. The number of imidazole rings is 8. The zero-order valence-corrected chi connectivity index (χ0v) is 71.7. The number of benzene rings is 8. The van der Waals surface area contributed by atoms with E-state index in [1.54, 1.807) is 114 Å². The molecule has 8 aromatic carbocycles. The van der Waals surface area contributed by atoms with Gasteiger partial charge in [0.25, 0.3) is 0 Å². The van der Waals surface area contributed by atoms with Crippen LogP contribution in [-0.4, -0.2) is 117 Å². The Morgan fingerprint density at radius 2 is 0.336 bits per heavy atom. The molecule has 0 bridgehead atoms. The number of aryl methyl sites for hydroxylation is 2. The van der Waals surface area contributed by atoms with Crippen molar-refractivity contribution in [1.29, 1.82) is 0 Å². The van der Waals surface area contributed by atoms with Gasteiger partial charge in [0.2, 0.25) is 0 Å². The first-order valence-electron chi connectivity index (χ1n) is 37.2. The maximum Gasteiger partial charge on any atom is 2.00 e. The molecule has 8 heterocycles. The van der Waals surface area contributed by atoms with Crippen LogP contribution in [0.3, 0.4) is 0 Å². The van der Waals surface area contributed by atoms with Crippen molar-refractivity contribution < 1.29 is 149 Å². The van der Waals surface area contributed by atoms with Gasteiger partial charge in [-0.2, -0.15) is 0 Å². The van der Waals surface area contributed by atoms with Gasteiger partial charge >= 0.3 is 67.1 Å². The summed E-state index contributed by atoms with van der Waals surface area (Å²) in [5.41, 5.74) is 56.0. The van der Waals surface area contributed by atoms with E-state index < -0.39 is 0 Å². The average Bonchev–Trinajstić information content (AvgIpc) is 1.72. The third-order valence-electron chi connectivity index (χ3n) is 17.1. The van der Waals surface area contributed by atoms with Crippen LogP contribution in [0, 0.1) is 0 Å². The first-order chi connectivity index (χ1) is 61.4. The molecule has 0 amide bonds. The number of anilines is 8. The van der Waals surface area contributed by atoms with E-state index in [0.717, 1.165) is 61.6 Å². The van der Waals surface area contributed by atoms with Crippen LogP contribution in [-0.2, 0) is 100 Å². The summed E-state index contributed by atoms with van der Waals surface area (Å²) in [4.78, 5) is 33.2. The molecule has 8 aromatic heterocycles. The quantitative estimate of drug-likeness (QED) is 0.0174. The molecule has 0 saturated carbocycles. The Morgan fingerprint density at radius 1 is 0.214 bits per heavy atom. The van der Waals surface area contributed by atoms with Crippen LogP contribution in [0.5, 0.6) is 92.0 Å². The molecule has 0 aliphatic rings. The van der Waals surface area contributed by atoms with E-state index in [-0.39, 0.29) is 213 Å². The van der Waals surface area contributed by atoms with Crippen molar-refractivity contribution in [3.63, 3.8) is 0 Å². The Hall–Kier alpha value is -16.9. The maximum absolute atomic E-state index is 11.2. The normalized spacial score (nSPS) is 10.2. The predicted molar refractivity (Wildman–Crippen MR) is 449 cm³/mol. The monoisotopic (exact) mass is 1960 g/mol. The summed E-state index contributed by atoms with van der Waals surface area (Å²) >= 11 is 0. The predicted octanol–water partition coefficient (Wildman–Crippen LogP) is 10.0. The number of nitrogens with zero attached hydrogens (tertiary/aromatic N) is 24. The van der Waals surface area contributed by atoms with Gasteiger partial charge in [-0.05, 0) is 62.4 Å². The summed E-state index contributed by atoms with van der Waals surface area (Å²) in [5.74, 6) is -0.729. The number of aromatic hydroxyl groups is 8. The van der Waals surface area contributed by atoms with E-state index in [0.29, 0.717) is 59.0 Å². The van der Waals surface area contributed by atoms with Crippen LogP contribution in [0.1, 0.15) is 13.8 Å². The van der Waals surface area contributed by atoms with Crippen molar-refractivity contribution in [1.82, 2.24) is 76.4 Å². The minimum Gasteiger partial charge on any atom is -0.872 e. The zero-order chi connectivity index (χ0) is 89.9. The summed E-state index contributed by atoms with van der Waals surface area (Å²) < 4.78 is 14.1. The molecule has 0 fully saturated rings. The summed E-state index contributed by atoms with van der Waals surface area (Å²) in [7, 11) is 0. The molecule has 52 heteroatoms. The molecule has 16 rings (SSSR count). The fourth-order valence-corrected chi connectivity index (χ4v) is 10.7. The second-order valence-electron chi connectivity index (χ2n) is 25.8. The molecule has 688 valence electrons. The van der Waals surface area contributed by atoms with Crippen molar-refractivity contribution in [3.05, 3.63) is 288 Å². The fourth-order valence-electron chi connectivity index (χ4n) is 10.7. The van der Waals surface area contributed by atoms with Gasteiger partial charge in [-0.25, -0.2) is 39.9 Å². The molecule has 4 radical (unpaired) electrons. The first-order valence-corrected chi connectivity index (χ1v) is 37.2. The van der Waals surface area contributed by atoms with Crippen LogP contribution in [0.2, 0.25) is 0 Å². The van der Waals surface area contributed by atoms with E-state index in [4.69, 9.17) is 0 Å². The Bertz CT molecular complexity index is 5480. The average molecular weight is 1960 g/mol. The van der Waals surface area contributed by atoms with E-state index in [2.05, 4.69) is 127 Å². The molecular weight excluding hydrogens is 1890 g/mol. The smallest absolute Gasteiger partial charge is 0.872 e. The zero-order valence-electron chi connectivity index (χ0n) is 67.5. The molecule has 0 unspecified atom stereocenters. The number of nitrogens with one attached hydrogen (secondary N) is 8. The molecule has 16 N–H and O–H groups in total. The first kappa shape index (κ1) is 99.5. The van der Waals surface area contributed by atoms with Crippen molar-refractivity contribution in [2.24, 2.45) is 0 Å². The number of rotatable bonds is 32. The number of hydrogen-bond donors (Lipinski definition) is 16. The SMILES string of the molecule is CCn1ccnc1N[N-]c1ccc([O-])cc1O.CCn1ccnc1N[N-]c1ccc([O-])cc1O.[Co+2].[Co+2].[Co+2].[Co+2].[O-]c1ccc([N-]Nc2nccn2Cn2ccnc2N[N-]c2ccc([O-])cc2O)c(O)c1.[O-]c1ccc([N-]Nc2nccn2Cn2ccnc2N[N-]c2ccc([O-])cc2O)c(O)c1.[O-]c1ccc([N-]Nc2nccn2Cn2ccnc2N[N-]c2ccc([O-])cc2O)c(O)c1. The number of phenolic OH excluding ortho intramolecular Hbond substituents is 8. The van der Waals surface area contributed by atoms with Gasteiger partial charge in [0.15, 0.2) is 47.6 Å². The fraction of sp³-hybridized carbons (Fsp3) is 0.0886. The summed E-state index contributed by atoms with van der Waals surface area (Å²) in [6.07, 6.45) is 26.6. The Morgan fingerprint density at radius 3 is 0.458 bits per heavy atom. The van der Waals surface area contributed by atoms with Gasteiger partial charge in [-0.15, -0.1) is 46.0 Å². The van der Waals surface area contributed by atoms with E-state index >= 15 is 0 Å². The van der Waals surface area contributed by atoms with Crippen LogP contribution < -0.4 is 84.3 Å². The number of aromatic nitrogens is 16. The third kappa shape index (κ3) is 28.0. The van der Waals surface area contributed by atoms with Crippen molar-refractivity contribution in [2.45, 2.75) is 46.9 Å². The minimum absolute atomic E-state index is 0. The summed E-state index contributed by atoms with van der Waals surface area (Å²) in [5, 5.41) is 167. The van der Waals surface area contributed by atoms with Gasteiger partial charge < -0.3 is 178 Å². The Balaban J connectivity index is 0.000000205. The largest absolute Gasteiger partial charge is 2.00 e. The summed E-state index contributed by atoms with van der Waals surface area (Å²) in [6, 6.07) is 30.4. The van der Waals surface area contributed by atoms with Crippen molar-refractivity contribution in [2.75, 3.05) is 43.4 Å². The Kier molecular flexibility index (Phi) is 36.4. The summed E-state index contributed by atoms with van der Waals surface area (Å²) in [6.45, 7) is 6.35. The molecule has 0 aliphatic heterocycles. The van der Waals surface area contributed by atoms with Gasteiger partial charge in [-0.1, -0.05) is 143 Å². The topological polar surface area (TPSA) is 698 Å². The standard InChI is InChI=1S/3C19H18N8O4.2C11H13N4O2.4Co/c3*28-12-1-3-14(16(30)9-12)22-24-18-20-5-7-26(18)11-27-8-6-21-19(27)25-23-15-4-2-13(29)10-17(15)31;2*1-2-15-6-5-12-11(15)14-13-9-4-3-8(16)7-10(9)17;;;;/h3*1-10,28-31H,11H2,(H,20,24)(H,21,25);2*3-7,16-17H,2H2,1H3,(H,12,14);;;;/q3*-2;2*-1;4*+2/p-8. The van der Waals surface area contributed by atoms with Crippen LogP contribution >= 0.6 is 0 Å². The van der Waals surface area contributed by atoms with Crippen LogP contribution in [0.4, 0.5) is 93.1 Å². The Labute approximate surface area is 784 Å². The maximum atomic E-state index is 11.2. The van der Waals surface area contributed by atoms with Gasteiger partial charge in [0, 0.05) is 112 Å². The van der Waals surface area contributed by atoms with E-state index in [1.807, 2.05) is 35.4 Å². The van der Waals surface area contributed by atoms with Gasteiger partial charge in [-0.3, -0.25) is 27.4 Å². The van der Waals surface area contributed by atoms with Crippen molar-refractivity contribution in [3.8, 4) is 92.0 Å². The molecule has 0 saturated heterocycles. The molecule has 0 spiro atoms. The molecule has 0 atom stereocenters. The third-order valence-corrected chi connectivity index (χ3v) is 17.1. The van der Waals surface area contributed by atoms with Crippen LogP contribution in [0.15, 0.2) is 245 Å². The molecular formula is C79H72Co4N32O16-8. The minimum atomic E-state index is -0.319.